The summed E-state index contributed by atoms with van der Waals surface area (Å²) in [5.74, 6) is 0.881. The summed E-state index contributed by atoms with van der Waals surface area (Å²) in [4.78, 5) is 0. The molecule has 5 heteroatoms. The largest absolute Gasteiger partial charge is 0.490 e. The van der Waals surface area contributed by atoms with E-state index in [1.165, 1.54) is 0 Å². The molecule has 0 N–H and O–H groups in total. The molecule has 1 rings (SSSR count). The normalized spacial score (nSPS) is 11.1. The summed E-state index contributed by atoms with van der Waals surface area (Å²) in [5, 5.41) is 0. The Morgan fingerprint density at radius 3 is 2.64 bits per heavy atom. The lowest BCUT2D eigenvalue weighted by atomic mass is 10.3. The minimum atomic E-state index is -1.78. The van der Waals surface area contributed by atoms with Crippen molar-refractivity contribution in [2.24, 2.45) is 0 Å². The Hall–Kier alpha value is -0.310. The molecule has 77 valence electrons. The molecule has 1 aromatic carbocycles. The van der Waals surface area contributed by atoms with Crippen LogP contribution in [0.5, 0.6) is 11.5 Å². The maximum atomic E-state index is 5.48. The van der Waals surface area contributed by atoms with Crippen LogP contribution in [0.4, 0.5) is 0 Å². The number of hydrogen-bond acceptors (Lipinski definition) is 2. The standard InChI is InChI=1S/C9H8Cl3O2/c1-2-13-7-5-3-4-6-8(7)14-9(10,11)12/h4-6H,2H2,1H3. The van der Waals surface area contributed by atoms with Crippen LogP contribution in [-0.4, -0.2) is 10.6 Å². The van der Waals surface area contributed by atoms with Gasteiger partial charge in [-0.15, -0.1) is 0 Å². The van der Waals surface area contributed by atoms with Crippen LogP contribution in [0.3, 0.4) is 0 Å². The Bertz CT molecular complexity index is 296. The second-order valence-corrected chi connectivity index (χ2v) is 4.53. The molecular weight excluding hydrogens is 246 g/mol. The molecule has 1 radical (unpaired) electrons. The third kappa shape index (κ3) is 3.82. The van der Waals surface area contributed by atoms with Gasteiger partial charge in [-0.3, -0.25) is 0 Å². The van der Waals surface area contributed by atoms with Gasteiger partial charge in [0.05, 0.1) is 6.61 Å². The summed E-state index contributed by atoms with van der Waals surface area (Å²) in [6, 6.07) is 7.72. The van der Waals surface area contributed by atoms with E-state index in [0.29, 0.717) is 18.1 Å². The van der Waals surface area contributed by atoms with E-state index < -0.39 is 3.98 Å². The van der Waals surface area contributed by atoms with Crippen molar-refractivity contribution in [1.82, 2.24) is 0 Å². The molecule has 0 saturated heterocycles. The number of hydrogen-bond donors (Lipinski definition) is 0. The topological polar surface area (TPSA) is 18.5 Å². The minimum absolute atomic E-state index is 0.380. The van der Waals surface area contributed by atoms with Gasteiger partial charge < -0.3 is 9.47 Å². The van der Waals surface area contributed by atoms with Gasteiger partial charge in [0, 0.05) is 0 Å². The van der Waals surface area contributed by atoms with Crippen LogP contribution in [0, 0.1) is 6.07 Å². The van der Waals surface area contributed by atoms with Crippen LogP contribution in [0.25, 0.3) is 0 Å². The molecule has 0 amide bonds. The van der Waals surface area contributed by atoms with Crippen LogP contribution in [0.2, 0.25) is 0 Å². The van der Waals surface area contributed by atoms with Gasteiger partial charge in [-0.1, -0.05) is 6.07 Å². The molecule has 0 bridgehead atoms. The van der Waals surface area contributed by atoms with Crippen LogP contribution in [0.15, 0.2) is 18.2 Å². The predicted octanol–water partition coefficient (Wildman–Crippen LogP) is 3.59. The van der Waals surface area contributed by atoms with Crippen molar-refractivity contribution in [3.63, 3.8) is 0 Å². The van der Waals surface area contributed by atoms with Gasteiger partial charge >= 0.3 is 3.98 Å². The van der Waals surface area contributed by atoms with Crippen LogP contribution >= 0.6 is 34.8 Å². The quantitative estimate of drug-likeness (QED) is 0.768. The maximum Gasteiger partial charge on any atom is 0.338 e. The molecule has 0 spiro atoms. The molecule has 0 aliphatic rings. The molecule has 0 saturated carbocycles. The summed E-state index contributed by atoms with van der Waals surface area (Å²) < 4.78 is 8.50. The van der Waals surface area contributed by atoms with Crippen molar-refractivity contribution >= 4 is 34.8 Å². The van der Waals surface area contributed by atoms with Crippen molar-refractivity contribution < 1.29 is 9.47 Å². The van der Waals surface area contributed by atoms with Crippen molar-refractivity contribution in [2.45, 2.75) is 10.9 Å². The number of alkyl halides is 3. The van der Waals surface area contributed by atoms with Gasteiger partial charge in [-0.05, 0) is 59.9 Å². The van der Waals surface area contributed by atoms with E-state index in [9.17, 15) is 0 Å². The highest BCUT2D eigenvalue weighted by Crippen LogP contribution is 2.35. The number of rotatable bonds is 3. The van der Waals surface area contributed by atoms with Gasteiger partial charge in [-0.2, -0.15) is 0 Å². The van der Waals surface area contributed by atoms with E-state index in [2.05, 4.69) is 6.07 Å². The fourth-order valence-electron chi connectivity index (χ4n) is 0.878. The first kappa shape index (κ1) is 11.8. The van der Waals surface area contributed by atoms with Crippen LogP contribution in [-0.2, 0) is 0 Å². The maximum absolute atomic E-state index is 5.48. The molecule has 0 aliphatic carbocycles. The average Bonchev–Trinajstić information content (AvgIpc) is 2.06. The Morgan fingerprint density at radius 1 is 1.36 bits per heavy atom. The monoisotopic (exact) mass is 253 g/mol. The van der Waals surface area contributed by atoms with E-state index in [4.69, 9.17) is 44.3 Å². The smallest absolute Gasteiger partial charge is 0.338 e. The summed E-state index contributed by atoms with van der Waals surface area (Å²) >= 11 is 16.4. The SMILES string of the molecule is CCOc1c[c]ccc1OC(Cl)(Cl)Cl. The first-order chi connectivity index (χ1) is 6.53. The van der Waals surface area contributed by atoms with Crippen molar-refractivity contribution in [3.8, 4) is 11.5 Å². The molecule has 0 aliphatic heterocycles. The van der Waals surface area contributed by atoms with Crippen molar-refractivity contribution in [1.29, 1.82) is 0 Å². The van der Waals surface area contributed by atoms with Gasteiger partial charge in [-0.25, -0.2) is 0 Å². The van der Waals surface area contributed by atoms with Gasteiger partial charge in [0.1, 0.15) is 0 Å². The van der Waals surface area contributed by atoms with E-state index in [-0.39, 0.29) is 0 Å². The van der Waals surface area contributed by atoms with Crippen LogP contribution in [0.1, 0.15) is 6.92 Å². The second-order valence-electron chi connectivity index (χ2n) is 2.35. The van der Waals surface area contributed by atoms with Crippen molar-refractivity contribution in [2.75, 3.05) is 6.61 Å². The highest BCUT2D eigenvalue weighted by atomic mass is 35.6. The summed E-state index contributed by atoms with van der Waals surface area (Å²) in [7, 11) is 0. The molecule has 0 atom stereocenters. The number of ether oxygens (including phenoxy) is 2. The lowest BCUT2D eigenvalue weighted by Crippen LogP contribution is -2.13. The Balaban J connectivity index is 2.84. The lowest BCUT2D eigenvalue weighted by Gasteiger charge is -2.16. The number of benzene rings is 1. The van der Waals surface area contributed by atoms with Gasteiger partial charge in [0.2, 0.25) is 0 Å². The average molecular weight is 255 g/mol. The molecule has 0 unspecified atom stereocenters. The first-order valence-corrected chi connectivity index (χ1v) is 5.05. The lowest BCUT2D eigenvalue weighted by molar-refractivity contribution is 0.277. The minimum Gasteiger partial charge on any atom is -0.490 e. The van der Waals surface area contributed by atoms with Crippen LogP contribution < -0.4 is 9.47 Å². The van der Waals surface area contributed by atoms with Gasteiger partial charge in [0.25, 0.3) is 0 Å². The second kappa shape index (κ2) is 4.96. The first-order valence-electron chi connectivity index (χ1n) is 3.91. The van der Waals surface area contributed by atoms with E-state index >= 15 is 0 Å². The highest BCUT2D eigenvalue weighted by Gasteiger charge is 2.23. The Kier molecular flexibility index (Phi) is 4.17. The summed E-state index contributed by atoms with van der Waals surface area (Å²) in [5.41, 5.74) is 0. The zero-order chi connectivity index (χ0) is 10.6. The predicted molar refractivity (Wildman–Crippen MR) is 57.4 cm³/mol. The highest BCUT2D eigenvalue weighted by molar-refractivity contribution is 6.66. The van der Waals surface area contributed by atoms with Crippen molar-refractivity contribution in [3.05, 3.63) is 24.3 Å². The van der Waals surface area contributed by atoms with E-state index in [1.807, 2.05) is 6.92 Å². The zero-order valence-corrected chi connectivity index (χ0v) is 9.66. The molecular formula is C9H8Cl3O2. The van der Waals surface area contributed by atoms with Gasteiger partial charge in [0.15, 0.2) is 11.5 Å². The fraction of sp³-hybridized carbons (Fsp3) is 0.333. The number of halogens is 3. The summed E-state index contributed by atoms with van der Waals surface area (Å²) in [6.45, 7) is 2.36. The molecule has 2 nitrogen and oxygen atoms in total. The summed E-state index contributed by atoms with van der Waals surface area (Å²) in [6.07, 6.45) is 0. The fourth-order valence-corrected chi connectivity index (χ4v) is 1.13. The molecule has 14 heavy (non-hydrogen) atoms. The Morgan fingerprint density at radius 2 is 2.07 bits per heavy atom. The third-order valence-electron chi connectivity index (χ3n) is 1.31. The molecule has 0 aromatic heterocycles. The molecule has 0 heterocycles. The van der Waals surface area contributed by atoms with E-state index in [0.717, 1.165) is 0 Å². The molecule has 1 aromatic rings. The van der Waals surface area contributed by atoms with E-state index in [1.54, 1.807) is 18.2 Å². The zero-order valence-electron chi connectivity index (χ0n) is 7.39. The third-order valence-corrected chi connectivity index (χ3v) is 1.55. The molecule has 0 fully saturated rings. The Labute approximate surface area is 97.7 Å².